The summed E-state index contributed by atoms with van der Waals surface area (Å²) in [6.07, 6.45) is 9.73. The highest BCUT2D eigenvalue weighted by atomic mass is 32.2. The van der Waals surface area contributed by atoms with E-state index >= 15 is 0 Å². The van der Waals surface area contributed by atoms with Gasteiger partial charge in [-0.15, -0.1) is 0 Å². The molecule has 0 amide bonds. The minimum atomic E-state index is -3.79. The topological polar surface area (TPSA) is 140 Å². The Hall–Kier alpha value is -3.22. The second kappa shape index (κ2) is 5.66. The van der Waals surface area contributed by atoms with Crippen LogP contribution in [0, 0.1) is 0 Å². The van der Waals surface area contributed by atoms with Gasteiger partial charge in [0.05, 0.1) is 12.4 Å². The Bertz CT molecular complexity index is 1100. The lowest BCUT2D eigenvalue weighted by Gasteiger charge is -2.21. The van der Waals surface area contributed by atoms with Gasteiger partial charge in [-0.3, -0.25) is 9.67 Å². The Morgan fingerprint density at radius 1 is 1.27 bits per heavy atom. The molecule has 2 aromatic heterocycles. The molecule has 0 saturated carbocycles. The number of anilines is 1. The van der Waals surface area contributed by atoms with Crippen molar-refractivity contribution in [2.45, 2.75) is 4.90 Å². The predicted octanol–water partition coefficient (Wildman–Crippen LogP) is 0.121. The molecule has 1 atom stereocenters. The highest BCUT2D eigenvalue weighted by Crippen LogP contribution is 2.30. The fourth-order valence-electron chi connectivity index (χ4n) is 2.53. The van der Waals surface area contributed by atoms with Crippen LogP contribution in [0.15, 0.2) is 63.1 Å². The lowest BCUT2D eigenvalue weighted by atomic mass is 10.4. The molecule has 0 bridgehead atoms. The van der Waals surface area contributed by atoms with Crippen molar-refractivity contribution in [3.8, 4) is 0 Å². The number of primary sulfonamides is 1. The maximum atomic E-state index is 11.3. The molecule has 2 aliphatic heterocycles. The molecule has 2 aromatic rings. The summed E-state index contributed by atoms with van der Waals surface area (Å²) in [4.78, 5) is 12.5. The standard InChI is InChI=1S/C14H14N9O2S/c1-22-9-10(6-18-22)23-5-4-16-8-13(23)20-14(21-23)19-12-3-2-11(7-17-12)26(15,24)25/h2-9H,1H3,(H2,15,24,25)(H,17,19,21)/q+1. The van der Waals surface area contributed by atoms with Gasteiger partial charge in [-0.05, 0) is 17.2 Å². The quantitative estimate of drug-likeness (QED) is 0.737. The number of sulfonamides is 1. The third-order valence-electron chi connectivity index (χ3n) is 3.77. The average Bonchev–Trinajstić information content (AvgIpc) is 3.18. The van der Waals surface area contributed by atoms with Gasteiger partial charge < -0.3 is 5.32 Å². The van der Waals surface area contributed by atoms with Gasteiger partial charge in [0, 0.05) is 13.2 Å². The van der Waals surface area contributed by atoms with E-state index in [1.54, 1.807) is 29.5 Å². The number of aryl methyl sites for hydroxylation is 1. The average molecular weight is 372 g/mol. The minimum absolute atomic E-state index is 0.00502. The molecule has 11 nitrogen and oxygen atoms in total. The number of hydrogen-bond donors (Lipinski definition) is 2. The van der Waals surface area contributed by atoms with Crippen molar-refractivity contribution in [1.82, 2.24) is 19.4 Å². The molecule has 0 aromatic carbocycles. The molecule has 0 radical (unpaired) electrons. The van der Waals surface area contributed by atoms with Crippen LogP contribution in [0.5, 0.6) is 0 Å². The number of nitrogens with two attached hydrogens (primary N) is 1. The molecule has 2 aliphatic rings. The number of aliphatic imine (C=N–C) groups is 2. The molecule has 4 heterocycles. The first-order valence-electron chi connectivity index (χ1n) is 7.41. The zero-order valence-corrected chi connectivity index (χ0v) is 14.4. The summed E-state index contributed by atoms with van der Waals surface area (Å²) in [5, 5.41) is 16.8. The third kappa shape index (κ3) is 2.71. The van der Waals surface area contributed by atoms with Gasteiger partial charge in [0.2, 0.25) is 15.7 Å². The van der Waals surface area contributed by atoms with Gasteiger partial charge in [-0.1, -0.05) is 4.59 Å². The van der Waals surface area contributed by atoms with Crippen LogP contribution in [0.3, 0.4) is 0 Å². The Morgan fingerprint density at radius 2 is 2.12 bits per heavy atom. The Kier molecular flexibility index (Phi) is 3.54. The van der Waals surface area contributed by atoms with E-state index in [2.05, 4.69) is 30.5 Å². The number of pyridine rings is 1. The third-order valence-corrected chi connectivity index (χ3v) is 4.67. The molecular weight excluding hydrogens is 358 g/mol. The fourth-order valence-corrected chi connectivity index (χ4v) is 2.99. The van der Waals surface area contributed by atoms with Crippen LogP contribution in [0.4, 0.5) is 11.5 Å². The zero-order chi connectivity index (χ0) is 18.4. The van der Waals surface area contributed by atoms with E-state index in [1.165, 1.54) is 18.3 Å². The Morgan fingerprint density at radius 3 is 2.77 bits per heavy atom. The van der Waals surface area contributed by atoms with E-state index < -0.39 is 10.0 Å². The monoisotopic (exact) mass is 372 g/mol. The number of nitrogens with one attached hydrogen (secondary N) is 1. The number of quaternary nitrogens is 1. The van der Waals surface area contributed by atoms with Crippen LogP contribution >= 0.6 is 0 Å². The van der Waals surface area contributed by atoms with E-state index in [4.69, 9.17) is 5.14 Å². The summed E-state index contributed by atoms with van der Waals surface area (Å²) < 4.78 is 24.3. The number of guanidine groups is 1. The first-order valence-corrected chi connectivity index (χ1v) is 8.96. The summed E-state index contributed by atoms with van der Waals surface area (Å²) in [7, 11) is -1.98. The second-order valence-corrected chi connectivity index (χ2v) is 7.14. The van der Waals surface area contributed by atoms with Crippen molar-refractivity contribution in [3.63, 3.8) is 0 Å². The molecule has 4 rings (SSSR count). The molecule has 26 heavy (non-hydrogen) atoms. The minimum Gasteiger partial charge on any atom is -0.304 e. The summed E-state index contributed by atoms with van der Waals surface area (Å²) in [6, 6.07) is 2.84. The highest BCUT2D eigenvalue weighted by molar-refractivity contribution is 7.89. The number of amidine groups is 1. The van der Waals surface area contributed by atoms with Crippen LogP contribution < -0.4 is 15.0 Å². The number of aromatic nitrogens is 3. The van der Waals surface area contributed by atoms with Crippen molar-refractivity contribution in [3.05, 3.63) is 43.1 Å². The van der Waals surface area contributed by atoms with Crippen LogP contribution in [0.2, 0.25) is 0 Å². The highest BCUT2D eigenvalue weighted by Gasteiger charge is 2.43. The maximum absolute atomic E-state index is 11.3. The van der Waals surface area contributed by atoms with Crippen molar-refractivity contribution < 1.29 is 8.42 Å². The smallest absolute Gasteiger partial charge is 0.288 e. The SMILES string of the molecule is Cn1cc([N+]23C=CN=CC2=NC(Nc2ccc(S(N)(=O)=O)cn2)=N3)cn1. The molecule has 0 fully saturated rings. The van der Waals surface area contributed by atoms with Gasteiger partial charge >= 0.3 is 0 Å². The van der Waals surface area contributed by atoms with Crippen molar-refractivity contribution in [2.75, 3.05) is 5.32 Å². The number of hydrogen-bond acceptors (Lipinski definition) is 8. The van der Waals surface area contributed by atoms with Crippen molar-refractivity contribution >= 4 is 39.5 Å². The molecule has 0 spiro atoms. The first-order chi connectivity index (χ1) is 12.4. The van der Waals surface area contributed by atoms with E-state index in [9.17, 15) is 8.42 Å². The van der Waals surface area contributed by atoms with E-state index in [1.807, 2.05) is 13.2 Å². The van der Waals surface area contributed by atoms with Gasteiger partial charge in [0.15, 0.2) is 6.20 Å². The lowest BCUT2D eigenvalue weighted by Crippen LogP contribution is -2.44. The van der Waals surface area contributed by atoms with Crippen LogP contribution in [0.25, 0.3) is 0 Å². The van der Waals surface area contributed by atoms with E-state index in [0.29, 0.717) is 17.6 Å². The number of nitrogens with zero attached hydrogens (tertiary/aromatic N) is 7. The van der Waals surface area contributed by atoms with Crippen LogP contribution in [0.1, 0.15) is 0 Å². The van der Waals surface area contributed by atoms with E-state index in [-0.39, 0.29) is 9.49 Å². The van der Waals surface area contributed by atoms with Gasteiger partial charge in [-0.25, -0.2) is 18.5 Å². The molecule has 12 heteroatoms. The maximum Gasteiger partial charge on any atom is 0.288 e. The Labute approximate surface area is 148 Å². The summed E-state index contributed by atoms with van der Waals surface area (Å²) in [5.74, 6) is 1.27. The zero-order valence-electron chi connectivity index (χ0n) is 13.6. The number of rotatable bonds is 3. The largest absolute Gasteiger partial charge is 0.304 e. The van der Waals surface area contributed by atoms with Crippen molar-refractivity contribution in [2.24, 2.45) is 27.3 Å². The second-order valence-electron chi connectivity index (χ2n) is 5.58. The Balaban J connectivity index is 1.67. The lowest BCUT2D eigenvalue weighted by molar-refractivity contribution is 0.591. The molecule has 1 unspecified atom stereocenters. The van der Waals surface area contributed by atoms with Gasteiger partial charge in [0.1, 0.15) is 23.1 Å². The predicted molar refractivity (Wildman–Crippen MR) is 96.7 cm³/mol. The van der Waals surface area contributed by atoms with Crippen LogP contribution in [-0.2, 0) is 17.1 Å². The van der Waals surface area contributed by atoms with Gasteiger partial charge in [-0.2, -0.15) is 10.1 Å². The molecular formula is C14H14N9O2S+. The summed E-state index contributed by atoms with van der Waals surface area (Å²) in [5.41, 5.74) is 0.794. The van der Waals surface area contributed by atoms with Crippen molar-refractivity contribution in [1.29, 1.82) is 0 Å². The van der Waals surface area contributed by atoms with Crippen LogP contribution in [-0.4, -0.2) is 41.2 Å². The van der Waals surface area contributed by atoms with Gasteiger partial charge in [0.25, 0.3) is 11.8 Å². The molecule has 132 valence electrons. The molecule has 3 N–H and O–H groups in total. The summed E-state index contributed by atoms with van der Waals surface area (Å²) in [6.45, 7) is 0. The van der Waals surface area contributed by atoms with E-state index in [0.717, 1.165) is 5.69 Å². The summed E-state index contributed by atoms with van der Waals surface area (Å²) >= 11 is 0. The normalized spacial score (nSPS) is 21.3. The molecule has 0 saturated heterocycles. The number of fused-ring (bicyclic) bond motifs is 1. The first kappa shape index (κ1) is 16.3. The fraction of sp³-hybridized carbons (Fsp3) is 0.0714. The molecule has 0 aliphatic carbocycles.